The minimum Gasteiger partial charge on any atom is -0.462 e. The van der Waals surface area contributed by atoms with Crippen LogP contribution in [0.2, 0.25) is 0 Å². The monoisotopic (exact) mass is 1020 g/mol. The van der Waals surface area contributed by atoms with Gasteiger partial charge in [0.05, 0.1) is 0 Å². The normalized spacial score (nSPS) is 12.6. The summed E-state index contributed by atoms with van der Waals surface area (Å²) in [6.45, 7) is 6.55. The molecule has 0 N–H and O–H groups in total. The molecule has 6 nitrogen and oxygen atoms in total. The summed E-state index contributed by atoms with van der Waals surface area (Å²) in [6, 6.07) is 0. The first-order valence-electron chi connectivity index (χ1n) is 31.1. The molecule has 0 aliphatic heterocycles. The van der Waals surface area contributed by atoms with Gasteiger partial charge in [0, 0.05) is 19.3 Å². The number of rotatable bonds is 56. The Morgan fingerprint density at radius 1 is 0.274 bits per heavy atom. The van der Waals surface area contributed by atoms with E-state index in [1.54, 1.807) is 0 Å². The van der Waals surface area contributed by atoms with Gasteiger partial charge >= 0.3 is 17.9 Å². The highest BCUT2D eigenvalue weighted by Crippen LogP contribution is 2.16. The number of carbonyl (C=O) groups is 3. The zero-order valence-corrected chi connectivity index (χ0v) is 48.1. The lowest BCUT2D eigenvalue weighted by Crippen LogP contribution is -2.30. The molecule has 0 heterocycles. The van der Waals surface area contributed by atoms with Gasteiger partial charge in [0.15, 0.2) is 6.10 Å². The highest BCUT2D eigenvalue weighted by Gasteiger charge is 2.19. The summed E-state index contributed by atoms with van der Waals surface area (Å²) in [5.74, 6) is -0.969. The van der Waals surface area contributed by atoms with Gasteiger partial charge in [-0.2, -0.15) is 0 Å². The summed E-state index contributed by atoms with van der Waals surface area (Å²) in [5, 5.41) is 0. The average Bonchev–Trinajstić information content (AvgIpc) is 3.39. The number of carbonyl (C=O) groups excluding carboxylic acids is 3. The topological polar surface area (TPSA) is 78.9 Å². The van der Waals surface area contributed by atoms with Crippen LogP contribution in [0.4, 0.5) is 0 Å². The Bertz CT molecular complexity index is 1400. The van der Waals surface area contributed by atoms with Crippen LogP contribution in [0.15, 0.2) is 85.1 Å². The van der Waals surface area contributed by atoms with Crippen LogP contribution in [0.25, 0.3) is 0 Å². The molecule has 0 bridgehead atoms. The summed E-state index contributed by atoms with van der Waals surface area (Å²) in [4.78, 5) is 38.2. The van der Waals surface area contributed by atoms with Crippen molar-refractivity contribution in [3.8, 4) is 0 Å². The zero-order valence-electron chi connectivity index (χ0n) is 48.1. The van der Waals surface area contributed by atoms with Gasteiger partial charge in [0.1, 0.15) is 13.2 Å². The maximum Gasteiger partial charge on any atom is 0.306 e. The number of unbranched alkanes of at least 4 members (excludes halogenated alkanes) is 31. The van der Waals surface area contributed by atoms with E-state index >= 15 is 0 Å². The SMILES string of the molecule is CCCCC/C=C\C/C=C\C/C=C\C/C=C\CCCC(=O)OC[C@H](COC(=O)CCCCCC/C=C\C/C=C\C/C=C\CCCCC)OC(=O)CCCCCCCCCCCCCCCCCCCCCCC. The molecule has 0 saturated heterocycles. The second-order valence-electron chi connectivity index (χ2n) is 20.6. The van der Waals surface area contributed by atoms with Crippen molar-refractivity contribution in [2.24, 2.45) is 0 Å². The fraction of sp³-hybridized carbons (Fsp3) is 0.746. The summed E-state index contributed by atoms with van der Waals surface area (Å²) in [5.41, 5.74) is 0. The van der Waals surface area contributed by atoms with E-state index in [0.717, 1.165) is 89.9 Å². The standard InChI is InChI=1S/C67H116O6/c1-4-7-10-13-16-19-22-25-28-31-32-33-34-37-40-43-46-49-52-55-58-61-67(70)73-64(62-71-65(68)59-56-53-50-47-44-41-38-35-29-26-23-20-17-14-11-8-5-2)63-72-66(69)60-57-54-51-48-45-42-39-36-30-27-24-21-18-15-12-9-6-3/h17-18,20-21,26-27,29-30,38-39,41-42,47,50,64H,4-16,19,22-25,28,31-37,40,43-46,48-49,51-63H2,1-3H3/b20-17-,21-18-,29-26-,30-27-,41-38-,42-39-,50-47-/t64-/m1/s1. The highest BCUT2D eigenvalue weighted by molar-refractivity contribution is 5.71. The van der Waals surface area contributed by atoms with Gasteiger partial charge in [-0.1, -0.05) is 273 Å². The molecular weight excluding hydrogens is 901 g/mol. The Morgan fingerprint density at radius 3 is 0.849 bits per heavy atom. The lowest BCUT2D eigenvalue weighted by molar-refractivity contribution is -0.167. The van der Waals surface area contributed by atoms with Gasteiger partial charge in [-0.3, -0.25) is 14.4 Å². The summed E-state index contributed by atoms with van der Waals surface area (Å²) < 4.78 is 16.9. The predicted molar refractivity (Wildman–Crippen MR) is 316 cm³/mol. The third-order valence-corrected chi connectivity index (χ3v) is 13.4. The van der Waals surface area contributed by atoms with Crippen LogP contribution >= 0.6 is 0 Å². The number of allylic oxidation sites excluding steroid dienone is 14. The van der Waals surface area contributed by atoms with Gasteiger partial charge in [-0.05, 0) is 96.3 Å². The van der Waals surface area contributed by atoms with E-state index in [1.807, 2.05) is 0 Å². The molecule has 6 heteroatoms. The molecule has 0 aliphatic rings. The van der Waals surface area contributed by atoms with Crippen LogP contribution in [0, 0.1) is 0 Å². The van der Waals surface area contributed by atoms with Crippen LogP contribution in [-0.4, -0.2) is 37.2 Å². The van der Waals surface area contributed by atoms with E-state index in [0.29, 0.717) is 19.3 Å². The lowest BCUT2D eigenvalue weighted by atomic mass is 10.0. The van der Waals surface area contributed by atoms with Gasteiger partial charge in [0.2, 0.25) is 0 Å². The Labute approximate surface area is 452 Å². The summed E-state index contributed by atoms with van der Waals surface area (Å²) in [7, 11) is 0. The molecule has 0 rings (SSSR count). The largest absolute Gasteiger partial charge is 0.462 e. The average molecular weight is 1020 g/mol. The van der Waals surface area contributed by atoms with Gasteiger partial charge < -0.3 is 14.2 Å². The van der Waals surface area contributed by atoms with E-state index in [-0.39, 0.29) is 37.5 Å². The Hall–Kier alpha value is -3.41. The second kappa shape index (κ2) is 61.1. The van der Waals surface area contributed by atoms with Crippen LogP contribution in [0.5, 0.6) is 0 Å². The molecule has 0 fully saturated rings. The Balaban J connectivity index is 4.46. The fourth-order valence-corrected chi connectivity index (χ4v) is 8.68. The first-order valence-corrected chi connectivity index (χ1v) is 31.1. The Morgan fingerprint density at radius 2 is 0.507 bits per heavy atom. The molecule has 420 valence electrons. The van der Waals surface area contributed by atoms with E-state index in [1.165, 1.54) is 167 Å². The van der Waals surface area contributed by atoms with Crippen LogP contribution in [0.3, 0.4) is 0 Å². The third kappa shape index (κ3) is 59.3. The van der Waals surface area contributed by atoms with E-state index < -0.39 is 6.10 Å². The summed E-state index contributed by atoms with van der Waals surface area (Å²) in [6.07, 6.45) is 80.2. The molecule has 1 atom stereocenters. The number of hydrogen-bond acceptors (Lipinski definition) is 6. The molecule has 0 unspecified atom stereocenters. The first-order chi connectivity index (χ1) is 36.0. The van der Waals surface area contributed by atoms with Gasteiger partial charge in [-0.25, -0.2) is 0 Å². The van der Waals surface area contributed by atoms with Crippen LogP contribution < -0.4 is 0 Å². The summed E-state index contributed by atoms with van der Waals surface area (Å²) >= 11 is 0. The van der Waals surface area contributed by atoms with Crippen molar-refractivity contribution in [2.45, 2.75) is 309 Å². The molecule has 73 heavy (non-hydrogen) atoms. The Kier molecular flexibility index (Phi) is 58.3. The number of ether oxygens (including phenoxy) is 3. The zero-order chi connectivity index (χ0) is 52.9. The molecular formula is C67H116O6. The van der Waals surface area contributed by atoms with Crippen molar-refractivity contribution in [3.63, 3.8) is 0 Å². The van der Waals surface area contributed by atoms with Crippen molar-refractivity contribution >= 4 is 17.9 Å². The lowest BCUT2D eigenvalue weighted by Gasteiger charge is -2.18. The molecule has 0 amide bonds. The second-order valence-corrected chi connectivity index (χ2v) is 20.6. The smallest absolute Gasteiger partial charge is 0.306 e. The quantitative estimate of drug-likeness (QED) is 0.0261. The van der Waals surface area contributed by atoms with Crippen LogP contribution in [-0.2, 0) is 28.6 Å². The minimum atomic E-state index is -0.808. The maximum atomic E-state index is 12.9. The minimum absolute atomic E-state index is 0.103. The predicted octanol–water partition coefficient (Wildman–Crippen LogP) is 21.1. The van der Waals surface area contributed by atoms with Crippen molar-refractivity contribution < 1.29 is 28.6 Å². The molecule has 0 aromatic heterocycles. The molecule has 0 aromatic carbocycles. The number of esters is 3. The van der Waals surface area contributed by atoms with E-state index in [4.69, 9.17) is 14.2 Å². The highest BCUT2D eigenvalue weighted by atomic mass is 16.6. The number of hydrogen-bond donors (Lipinski definition) is 0. The van der Waals surface area contributed by atoms with Crippen molar-refractivity contribution in [1.29, 1.82) is 0 Å². The van der Waals surface area contributed by atoms with Crippen molar-refractivity contribution in [2.75, 3.05) is 13.2 Å². The molecule has 0 spiro atoms. The first kappa shape index (κ1) is 69.6. The molecule has 0 saturated carbocycles. The van der Waals surface area contributed by atoms with Crippen molar-refractivity contribution in [3.05, 3.63) is 85.1 Å². The fourth-order valence-electron chi connectivity index (χ4n) is 8.68. The molecule has 0 radical (unpaired) electrons. The van der Waals surface area contributed by atoms with Gasteiger partial charge in [-0.15, -0.1) is 0 Å². The van der Waals surface area contributed by atoms with Crippen molar-refractivity contribution in [1.82, 2.24) is 0 Å². The third-order valence-electron chi connectivity index (χ3n) is 13.4. The molecule has 0 aromatic rings. The van der Waals surface area contributed by atoms with Crippen LogP contribution in [0.1, 0.15) is 303 Å². The van der Waals surface area contributed by atoms with E-state index in [9.17, 15) is 14.4 Å². The maximum absolute atomic E-state index is 12.9. The molecule has 0 aliphatic carbocycles. The van der Waals surface area contributed by atoms with Gasteiger partial charge in [0.25, 0.3) is 0 Å². The van der Waals surface area contributed by atoms with E-state index in [2.05, 4.69) is 106 Å².